The van der Waals surface area contributed by atoms with Gasteiger partial charge in [-0.2, -0.15) is 13.2 Å². The number of nitrogens with two attached hydrogens (primary N) is 2. The highest BCUT2D eigenvalue weighted by atomic mass is 19.4. The van der Waals surface area contributed by atoms with Gasteiger partial charge in [-0.15, -0.1) is 0 Å². The SMILES string of the molecule is CCCC1CCN(Cc2ccc(-c3ccc(COC4CC45CCCC5NC(=O)c4cc(C(C=NC)=CN)cnc4N)c(C(F)(F)F)c3)cc2)CC1. The number of amides is 1. The number of anilines is 1. The van der Waals surface area contributed by atoms with Gasteiger partial charge in [-0.3, -0.25) is 14.7 Å². The van der Waals surface area contributed by atoms with Crippen LogP contribution in [0.15, 0.2) is 65.9 Å². The number of hydrogen-bond acceptors (Lipinski definition) is 7. The number of rotatable bonds is 12. The molecular weight excluding hydrogens is 653 g/mol. The first-order valence-electron chi connectivity index (χ1n) is 18.1. The van der Waals surface area contributed by atoms with Crippen LogP contribution in [0.5, 0.6) is 0 Å². The van der Waals surface area contributed by atoms with E-state index in [4.69, 9.17) is 16.2 Å². The van der Waals surface area contributed by atoms with Gasteiger partial charge < -0.3 is 21.5 Å². The number of nitrogen functional groups attached to an aromatic ring is 1. The Morgan fingerprint density at radius 1 is 1.12 bits per heavy atom. The molecule has 0 bridgehead atoms. The highest BCUT2D eigenvalue weighted by Gasteiger charge is 2.62. The van der Waals surface area contributed by atoms with E-state index in [-0.39, 0.29) is 47.0 Å². The van der Waals surface area contributed by atoms with Gasteiger partial charge in [0.25, 0.3) is 5.91 Å². The van der Waals surface area contributed by atoms with Gasteiger partial charge in [0.05, 0.1) is 23.8 Å². The standard InChI is InChI=1S/C40H49F3N6O2/c1-3-5-26-13-16-49(17-14-26)24-27-7-9-28(10-8-27)29-11-12-30(34(19-29)40(41,42)43)25-51-36-20-39(36)15-4-6-35(39)48-38(50)33-18-31(23-47-37(33)45)32(21-44)22-46-2/h7-12,18-19,21-23,26,35-36H,3-6,13-17,20,24-25,44H2,1-2H3,(H2,45,47)(H,48,50). The van der Waals surface area contributed by atoms with Crippen LogP contribution in [-0.4, -0.2) is 54.3 Å². The van der Waals surface area contributed by atoms with Crippen LogP contribution in [0.4, 0.5) is 19.0 Å². The Morgan fingerprint density at radius 3 is 2.55 bits per heavy atom. The molecule has 6 rings (SSSR count). The summed E-state index contributed by atoms with van der Waals surface area (Å²) in [6, 6.07) is 13.8. The Balaban J connectivity index is 1.08. The van der Waals surface area contributed by atoms with Crippen molar-refractivity contribution in [3.8, 4) is 11.1 Å². The minimum Gasteiger partial charge on any atom is -0.404 e. The molecule has 272 valence electrons. The predicted molar refractivity (Wildman–Crippen MR) is 196 cm³/mol. The maximum absolute atomic E-state index is 14.4. The molecule has 3 aliphatic rings. The maximum atomic E-state index is 14.4. The van der Waals surface area contributed by atoms with E-state index in [0.29, 0.717) is 23.1 Å². The van der Waals surface area contributed by atoms with E-state index in [2.05, 4.69) is 27.1 Å². The number of hydrogen-bond donors (Lipinski definition) is 3. The molecular formula is C40H49F3N6O2. The summed E-state index contributed by atoms with van der Waals surface area (Å²) in [7, 11) is 1.62. The average molecular weight is 703 g/mol. The van der Waals surface area contributed by atoms with E-state index in [9.17, 15) is 18.0 Å². The summed E-state index contributed by atoms with van der Waals surface area (Å²) in [5.41, 5.74) is 14.8. The molecule has 3 fully saturated rings. The Bertz CT molecular complexity index is 1750. The van der Waals surface area contributed by atoms with Crippen molar-refractivity contribution < 1.29 is 22.7 Å². The monoisotopic (exact) mass is 702 g/mol. The van der Waals surface area contributed by atoms with Crippen molar-refractivity contribution >= 4 is 23.5 Å². The van der Waals surface area contributed by atoms with Crippen LogP contribution in [0.3, 0.4) is 0 Å². The summed E-state index contributed by atoms with van der Waals surface area (Å²) in [4.78, 5) is 24.0. The molecule has 3 unspecified atom stereocenters. The molecule has 3 aromatic rings. The van der Waals surface area contributed by atoms with Gasteiger partial charge in [-0.25, -0.2) is 4.98 Å². The van der Waals surface area contributed by atoms with Crippen LogP contribution in [-0.2, 0) is 24.1 Å². The smallest absolute Gasteiger partial charge is 0.404 e. The molecule has 1 amide bonds. The van der Waals surface area contributed by atoms with Crippen molar-refractivity contribution in [2.24, 2.45) is 22.1 Å². The number of likely N-dealkylation sites (tertiary alicyclic amines) is 1. The van der Waals surface area contributed by atoms with Gasteiger partial charge in [0, 0.05) is 54.8 Å². The fourth-order valence-electron chi connectivity index (χ4n) is 8.10. The Hall–Kier alpha value is -4.22. The molecule has 0 radical (unpaired) electrons. The molecule has 2 aliphatic carbocycles. The molecule has 1 spiro atoms. The molecule has 2 aromatic carbocycles. The number of allylic oxidation sites excluding steroid dienone is 1. The van der Waals surface area contributed by atoms with Gasteiger partial charge in [0.15, 0.2) is 0 Å². The predicted octanol–water partition coefficient (Wildman–Crippen LogP) is 7.62. The molecule has 1 aliphatic heterocycles. The highest BCUT2D eigenvalue weighted by molar-refractivity contribution is 6.10. The van der Waals surface area contributed by atoms with Crippen molar-refractivity contribution in [2.75, 3.05) is 25.9 Å². The number of benzene rings is 2. The van der Waals surface area contributed by atoms with Crippen LogP contribution in [0.2, 0.25) is 0 Å². The summed E-state index contributed by atoms with van der Waals surface area (Å²) in [5.74, 6) is 0.554. The van der Waals surface area contributed by atoms with E-state index in [1.807, 2.05) is 24.3 Å². The average Bonchev–Trinajstić information content (AvgIpc) is 3.69. The van der Waals surface area contributed by atoms with Gasteiger partial charge in [0.2, 0.25) is 0 Å². The first-order chi connectivity index (χ1) is 24.5. The number of pyridine rings is 1. The lowest BCUT2D eigenvalue weighted by Gasteiger charge is -2.31. The molecule has 11 heteroatoms. The number of carbonyl (C=O) groups is 1. The summed E-state index contributed by atoms with van der Waals surface area (Å²) in [6.45, 7) is 5.12. The number of aliphatic imine (C=N–C) groups is 1. The zero-order chi connectivity index (χ0) is 36.2. The number of nitrogens with zero attached hydrogens (tertiary/aromatic N) is 3. The van der Waals surface area contributed by atoms with E-state index >= 15 is 0 Å². The number of carbonyl (C=O) groups excluding carboxylic acids is 1. The number of nitrogens with one attached hydrogen (secondary N) is 1. The second-order valence-electron chi connectivity index (χ2n) is 14.4. The molecule has 51 heavy (non-hydrogen) atoms. The number of halogens is 3. The minimum absolute atomic E-state index is 0.0914. The second-order valence-corrected chi connectivity index (χ2v) is 14.4. The maximum Gasteiger partial charge on any atom is 0.416 e. The molecule has 1 aromatic heterocycles. The quantitative estimate of drug-likeness (QED) is 0.167. The molecule has 5 N–H and O–H groups in total. The van der Waals surface area contributed by atoms with Crippen molar-refractivity contribution in [3.05, 3.63) is 88.7 Å². The van der Waals surface area contributed by atoms with Gasteiger partial charge in [-0.1, -0.05) is 62.6 Å². The van der Waals surface area contributed by atoms with Crippen LogP contribution in [0.1, 0.15) is 90.9 Å². The lowest BCUT2D eigenvalue weighted by Crippen LogP contribution is -2.40. The van der Waals surface area contributed by atoms with Crippen molar-refractivity contribution in [1.82, 2.24) is 15.2 Å². The Labute approximate surface area is 298 Å². The van der Waals surface area contributed by atoms with Gasteiger partial charge in [-0.05, 0) is 85.5 Å². The first kappa shape index (κ1) is 36.6. The van der Waals surface area contributed by atoms with Crippen molar-refractivity contribution in [3.63, 3.8) is 0 Å². The lowest BCUT2D eigenvalue weighted by molar-refractivity contribution is -0.139. The van der Waals surface area contributed by atoms with Gasteiger partial charge >= 0.3 is 6.18 Å². The summed E-state index contributed by atoms with van der Waals surface area (Å²) >= 11 is 0. The van der Waals surface area contributed by atoms with E-state index in [1.165, 1.54) is 55.8 Å². The third-order valence-electron chi connectivity index (χ3n) is 11.1. The fourth-order valence-corrected chi connectivity index (χ4v) is 8.10. The summed E-state index contributed by atoms with van der Waals surface area (Å²) < 4.78 is 49.3. The van der Waals surface area contributed by atoms with Gasteiger partial charge in [0.1, 0.15) is 5.82 Å². The molecule has 3 atom stereocenters. The molecule has 8 nitrogen and oxygen atoms in total. The van der Waals surface area contributed by atoms with Crippen LogP contribution in [0, 0.1) is 11.3 Å². The summed E-state index contributed by atoms with van der Waals surface area (Å²) in [6.07, 6.45) is 7.79. The van der Waals surface area contributed by atoms with Crippen LogP contribution >= 0.6 is 0 Å². The number of alkyl halides is 3. The van der Waals surface area contributed by atoms with E-state index in [1.54, 1.807) is 25.4 Å². The van der Waals surface area contributed by atoms with Crippen LogP contribution in [0.25, 0.3) is 16.7 Å². The Morgan fingerprint density at radius 2 is 1.86 bits per heavy atom. The number of ether oxygens (including phenoxy) is 1. The molecule has 2 heterocycles. The zero-order valence-electron chi connectivity index (χ0n) is 29.5. The van der Waals surface area contributed by atoms with Crippen LogP contribution < -0.4 is 16.8 Å². The molecule has 2 saturated carbocycles. The normalized spacial score (nSPS) is 23.0. The largest absolute Gasteiger partial charge is 0.416 e. The number of piperidine rings is 1. The molecule has 1 saturated heterocycles. The highest BCUT2D eigenvalue weighted by Crippen LogP contribution is 2.60. The zero-order valence-corrected chi connectivity index (χ0v) is 29.5. The summed E-state index contributed by atoms with van der Waals surface area (Å²) in [5, 5.41) is 3.12. The van der Waals surface area contributed by atoms with E-state index in [0.717, 1.165) is 50.4 Å². The van der Waals surface area contributed by atoms with Crippen molar-refractivity contribution in [1.29, 1.82) is 0 Å². The third kappa shape index (κ3) is 8.31. The van der Waals surface area contributed by atoms with E-state index < -0.39 is 11.7 Å². The fraction of sp³-hybridized carbons (Fsp3) is 0.475. The second kappa shape index (κ2) is 15.6. The lowest BCUT2D eigenvalue weighted by atomic mass is 9.92. The minimum atomic E-state index is -4.53. The number of aromatic nitrogens is 1. The third-order valence-corrected chi connectivity index (χ3v) is 11.1. The Kier molecular flexibility index (Phi) is 11.2. The topological polar surface area (TPSA) is 119 Å². The van der Waals surface area contributed by atoms with Crippen molar-refractivity contribution in [2.45, 2.75) is 89.8 Å². The first-order valence-corrected chi connectivity index (χ1v) is 18.1.